The summed E-state index contributed by atoms with van der Waals surface area (Å²) in [6, 6.07) is -0.445. The number of hydrogen-bond acceptors (Lipinski definition) is 3. The number of aliphatic hydroxyl groups is 1. The van der Waals surface area contributed by atoms with Gasteiger partial charge in [-0.1, -0.05) is 6.42 Å². The van der Waals surface area contributed by atoms with E-state index < -0.39 is 11.9 Å². The highest BCUT2D eigenvalue weighted by atomic mass is 16.4. The Labute approximate surface area is 112 Å². The van der Waals surface area contributed by atoms with E-state index in [1.54, 1.807) is 0 Å². The Bertz CT molecular complexity index is 340. The molecule has 2 atom stereocenters. The molecule has 2 unspecified atom stereocenters. The molecule has 2 rings (SSSR count). The lowest BCUT2D eigenvalue weighted by Crippen LogP contribution is -2.49. The van der Waals surface area contributed by atoms with E-state index in [4.69, 9.17) is 5.11 Å². The van der Waals surface area contributed by atoms with Gasteiger partial charge in [-0.15, -0.1) is 0 Å². The van der Waals surface area contributed by atoms with Gasteiger partial charge in [-0.25, -0.2) is 4.79 Å². The van der Waals surface area contributed by atoms with Gasteiger partial charge in [0.2, 0.25) is 0 Å². The molecule has 2 amide bonds. The van der Waals surface area contributed by atoms with Crippen molar-refractivity contribution in [2.45, 2.75) is 63.1 Å². The summed E-state index contributed by atoms with van der Waals surface area (Å²) in [6.45, 7) is 0. The average Bonchev–Trinajstić information content (AvgIpc) is 2.80. The van der Waals surface area contributed by atoms with Crippen LogP contribution in [0.2, 0.25) is 0 Å². The van der Waals surface area contributed by atoms with Crippen molar-refractivity contribution in [2.75, 3.05) is 0 Å². The monoisotopic (exact) mass is 270 g/mol. The van der Waals surface area contributed by atoms with Crippen molar-refractivity contribution < 1.29 is 19.8 Å². The predicted octanol–water partition coefficient (Wildman–Crippen LogP) is 0.842. The third kappa shape index (κ3) is 3.83. The lowest BCUT2D eigenvalue weighted by molar-refractivity contribution is -0.142. The van der Waals surface area contributed by atoms with E-state index >= 15 is 0 Å². The smallest absolute Gasteiger partial charge is 0.315 e. The Morgan fingerprint density at radius 2 is 1.63 bits per heavy atom. The molecule has 2 aliphatic rings. The molecule has 0 saturated heterocycles. The molecule has 2 fully saturated rings. The van der Waals surface area contributed by atoms with Crippen LogP contribution in [0.4, 0.5) is 4.79 Å². The van der Waals surface area contributed by atoms with Crippen molar-refractivity contribution in [1.29, 1.82) is 0 Å². The maximum Gasteiger partial charge on any atom is 0.315 e. The van der Waals surface area contributed by atoms with Crippen molar-refractivity contribution >= 4 is 12.0 Å². The van der Waals surface area contributed by atoms with Crippen LogP contribution in [0.1, 0.15) is 44.9 Å². The number of nitrogens with one attached hydrogen (secondary N) is 2. The van der Waals surface area contributed by atoms with E-state index in [9.17, 15) is 14.7 Å². The standard InChI is InChI=1S/C13H22N2O4/c16-9-6-4-8(5-7-9)14-13(19)15-11-3-1-2-10(11)12(17)18/h8-11,16H,1-7H2,(H,17,18)(H2,14,15,19). The van der Waals surface area contributed by atoms with E-state index in [-0.39, 0.29) is 24.2 Å². The zero-order valence-electron chi connectivity index (χ0n) is 11.0. The Balaban J connectivity index is 1.76. The van der Waals surface area contributed by atoms with Crippen molar-refractivity contribution in [3.63, 3.8) is 0 Å². The summed E-state index contributed by atoms with van der Waals surface area (Å²) < 4.78 is 0. The molecule has 0 bridgehead atoms. The second-order valence-electron chi connectivity index (χ2n) is 5.61. The molecule has 19 heavy (non-hydrogen) atoms. The molecule has 2 aliphatic carbocycles. The zero-order valence-corrected chi connectivity index (χ0v) is 11.0. The van der Waals surface area contributed by atoms with Crippen LogP contribution in [0, 0.1) is 5.92 Å². The van der Waals surface area contributed by atoms with Gasteiger partial charge in [0.1, 0.15) is 0 Å². The maximum atomic E-state index is 11.8. The molecule has 0 spiro atoms. The number of hydrogen-bond donors (Lipinski definition) is 4. The van der Waals surface area contributed by atoms with Crippen LogP contribution in [-0.2, 0) is 4.79 Å². The molecule has 108 valence electrons. The summed E-state index contributed by atoms with van der Waals surface area (Å²) in [5.74, 6) is -1.29. The van der Waals surface area contributed by atoms with Gasteiger partial charge >= 0.3 is 12.0 Å². The van der Waals surface area contributed by atoms with Crippen LogP contribution >= 0.6 is 0 Å². The molecule has 0 aromatic carbocycles. The number of carbonyl (C=O) groups is 2. The molecule has 6 nitrogen and oxygen atoms in total. The minimum absolute atomic E-state index is 0.0908. The first-order chi connectivity index (χ1) is 9.06. The molecule has 0 heterocycles. The van der Waals surface area contributed by atoms with E-state index in [1.807, 2.05) is 0 Å². The average molecular weight is 270 g/mol. The van der Waals surface area contributed by atoms with Crippen LogP contribution in [0.15, 0.2) is 0 Å². The molecular formula is C13H22N2O4. The van der Waals surface area contributed by atoms with Crippen LogP contribution < -0.4 is 10.6 Å². The summed E-state index contributed by atoms with van der Waals surface area (Å²) in [6.07, 6.45) is 4.95. The van der Waals surface area contributed by atoms with Gasteiger partial charge in [0, 0.05) is 12.1 Å². The maximum absolute atomic E-state index is 11.8. The Kier molecular flexibility index (Phi) is 4.63. The fourth-order valence-corrected chi connectivity index (χ4v) is 3.04. The number of rotatable bonds is 3. The number of aliphatic carboxylic acids is 1. The van der Waals surface area contributed by atoms with Crippen LogP contribution in [0.25, 0.3) is 0 Å². The molecule has 0 aliphatic heterocycles. The highest BCUT2D eigenvalue weighted by molar-refractivity contribution is 5.77. The largest absolute Gasteiger partial charge is 0.481 e. The van der Waals surface area contributed by atoms with Gasteiger partial charge in [-0.05, 0) is 38.5 Å². The minimum Gasteiger partial charge on any atom is -0.481 e. The van der Waals surface area contributed by atoms with Crippen LogP contribution in [-0.4, -0.2) is 40.4 Å². The normalized spacial score (nSPS) is 34.8. The summed E-state index contributed by atoms with van der Waals surface area (Å²) >= 11 is 0. The molecule has 6 heteroatoms. The summed E-state index contributed by atoms with van der Waals surface area (Å²) in [7, 11) is 0. The molecule has 0 aromatic rings. The highest BCUT2D eigenvalue weighted by Gasteiger charge is 2.34. The van der Waals surface area contributed by atoms with Crippen molar-refractivity contribution in [3.05, 3.63) is 0 Å². The number of carboxylic acid groups (broad SMARTS) is 1. The number of carboxylic acids is 1. The van der Waals surface area contributed by atoms with Crippen molar-refractivity contribution in [2.24, 2.45) is 5.92 Å². The van der Waals surface area contributed by atoms with Gasteiger partial charge < -0.3 is 20.8 Å². The fourth-order valence-electron chi connectivity index (χ4n) is 3.04. The van der Waals surface area contributed by atoms with Gasteiger partial charge in [0.15, 0.2) is 0 Å². The number of urea groups is 1. The summed E-state index contributed by atoms with van der Waals surface area (Å²) in [4.78, 5) is 22.9. The fraction of sp³-hybridized carbons (Fsp3) is 0.846. The molecule has 0 radical (unpaired) electrons. The predicted molar refractivity (Wildman–Crippen MR) is 68.7 cm³/mol. The lowest BCUT2D eigenvalue weighted by Gasteiger charge is -2.27. The van der Waals surface area contributed by atoms with Gasteiger partial charge in [0.25, 0.3) is 0 Å². The van der Waals surface area contributed by atoms with Gasteiger partial charge in [-0.3, -0.25) is 4.79 Å². The lowest BCUT2D eigenvalue weighted by atomic mass is 9.93. The summed E-state index contributed by atoms with van der Waals surface area (Å²) in [5, 5.41) is 24.1. The number of carbonyl (C=O) groups excluding carboxylic acids is 1. The third-order valence-electron chi connectivity index (χ3n) is 4.18. The molecule has 2 saturated carbocycles. The highest BCUT2D eigenvalue weighted by Crippen LogP contribution is 2.26. The third-order valence-corrected chi connectivity index (χ3v) is 4.18. The quantitative estimate of drug-likeness (QED) is 0.611. The van der Waals surface area contributed by atoms with Crippen molar-refractivity contribution in [3.8, 4) is 0 Å². The Hall–Kier alpha value is -1.30. The minimum atomic E-state index is -0.830. The van der Waals surface area contributed by atoms with E-state index in [0.29, 0.717) is 19.3 Å². The zero-order chi connectivity index (χ0) is 13.8. The van der Waals surface area contributed by atoms with Crippen molar-refractivity contribution in [1.82, 2.24) is 10.6 Å². The first-order valence-electron chi connectivity index (χ1n) is 7.04. The Morgan fingerprint density at radius 3 is 2.26 bits per heavy atom. The molecule has 0 aromatic heterocycles. The summed E-state index contributed by atoms with van der Waals surface area (Å²) in [5.41, 5.74) is 0. The SMILES string of the molecule is O=C(NC1CCC(O)CC1)NC1CCCC1C(=O)O. The second kappa shape index (κ2) is 6.23. The second-order valence-corrected chi connectivity index (χ2v) is 5.61. The molecule has 4 N–H and O–H groups in total. The van der Waals surface area contributed by atoms with E-state index in [0.717, 1.165) is 25.7 Å². The number of amides is 2. The van der Waals surface area contributed by atoms with E-state index in [2.05, 4.69) is 10.6 Å². The topological polar surface area (TPSA) is 98.7 Å². The van der Waals surface area contributed by atoms with Crippen LogP contribution in [0.3, 0.4) is 0 Å². The molecular weight excluding hydrogens is 248 g/mol. The first-order valence-corrected chi connectivity index (χ1v) is 7.04. The van der Waals surface area contributed by atoms with E-state index in [1.165, 1.54) is 0 Å². The van der Waals surface area contributed by atoms with Crippen LogP contribution in [0.5, 0.6) is 0 Å². The first kappa shape index (κ1) is 14.1. The van der Waals surface area contributed by atoms with Gasteiger partial charge in [-0.2, -0.15) is 0 Å². The van der Waals surface area contributed by atoms with Gasteiger partial charge in [0.05, 0.1) is 12.0 Å². The number of aliphatic hydroxyl groups excluding tert-OH is 1. The Morgan fingerprint density at radius 1 is 0.947 bits per heavy atom.